The molecule has 4 bridgehead atoms. The molecule has 8 rings (SSSR count). The van der Waals surface area contributed by atoms with E-state index in [1.165, 1.54) is 77.3 Å². The number of rotatable bonds is 9. The van der Waals surface area contributed by atoms with Crippen LogP contribution in [0.2, 0.25) is 5.02 Å². The molecule has 2 aliphatic heterocycles. The Labute approximate surface area is 255 Å². The van der Waals surface area contributed by atoms with Crippen LogP contribution in [0.15, 0.2) is 30.5 Å². The zero-order valence-electron chi connectivity index (χ0n) is 24.7. The van der Waals surface area contributed by atoms with E-state index < -0.39 is 0 Å². The standard InChI is InChI=1S/C34H45ClN6O/c35-31-4-2-1-3-25(31)20-37-33-38-21-28(19-36)32(40-33)39-22-34-16-24-13-26(17-34)30(27(14-24)18-34)15-23-5-9-41(10-6-23)29-7-11-42-12-8-29/h1-4,21,23-24,26-27,29-30H,5-18,20,22H2,(H2,37,38,39,40)/t24?,26-,27+,30?,34?. The molecule has 42 heavy (non-hydrogen) atoms. The fraction of sp³-hybridized carbons (Fsp3) is 0.676. The summed E-state index contributed by atoms with van der Waals surface area (Å²) in [5.74, 6) is 5.63. The van der Waals surface area contributed by atoms with E-state index >= 15 is 0 Å². The second-order valence-corrected chi connectivity index (χ2v) is 14.5. The van der Waals surface area contributed by atoms with Crippen molar-refractivity contribution in [3.63, 3.8) is 0 Å². The van der Waals surface area contributed by atoms with Crippen molar-refractivity contribution in [2.45, 2.75) is 76.8 Å². The minimum Gasteiger partial charge on any atom is -0.381 e. The molecule has 1 aromatic heterocycles. The second kappa shape index (κ2) is 12.3. The summed E-state index contributed by atoms with van der Waals surface area (Å²) in [6.45, 7) is 5.93. The van der Waals surface area contributed by atoms with Gasteiger partial charge in [0.25, 0.3) is 0 Å². The molecule has 4 saturated carbocycles. The SMILES string of the molecule is N#Cc1cnc(NCc2ccccc2Cl)nc1NCC12CC3C[C@H](C1)C(CC1CCN(C4CCOCC4)CC1)[C@@H](C3)C2. The molecule has 0 spiro atoms. The molecule has 6 fully saturated rings. The maximum Gasteiger partial charge on any atom is 0.224 e. The van der Waals surface area contributed by atoms with E-state index in [9.17, 15) is 5.26 Å². The molecular formula is C34H45ClN6O. The van der Waals surface area contributed by atoms with Gasteiger partial charge < -0.3 is 20.3 Å². The molecule has 5 atom stereocenters. The zero-order valence-corrected chi connectivity index (χ0v) is 25.5. The van der Waals surface area contributed by atoms with Gasteiger partial charge in [-0.25, -0.2) is 4.98 Å². The smallest absolute Gasteiger partial charge is 0.224 e. The topological polar surface area (TPSA) is 86.1 Å². The summed E-state index contributed by atoms with van der Waals surface area (Å²) >= 11 is 6.33. The van der Waals surface area contributed by atoms with Gasteiger partial charge in [0.15, 0.2) is 0 Å². The number of hydrogen-bond acceptors (Lipinski definition) is 7. The van der Waals surface area contributed by atoms with Crippen molar-refractivity contribution in [1.82, 2.24) is 14.9 Å². The maximum atomic E-state index is 9.78. The lowest BCUT2D eigenvalue weighted by Crippen LogP contribution is -2.54. The van der Waals surface area contributed by atoms with Gasteiger partial charge in [-0.3, -0.25) is 0 Å². The molecule has 3 heterocycles. The summed E-state index contributed by atoms with van der Waals surface area (Å²) in [5.41, 5.74) is 1.84. The van der Waals surface area contributed by atoms with Crippen molar-refractivity contribution < 1.29 is 4.74 Å². The van der Waals surface area contributed by atoms with Crippen LogP contribution in [0.5, 0.6) is 0 Å². The molecule has 7 nitrogen and oxygen atoms in total. The van der Waals surface area contributed by atoms with E-state index in [0.717, 1.165) is 66.0 Å². The van der Waals surface area contributed by atoms with Crippen LogP contribution in [0.1, 0.15) is 75.3 Å². The minimum absolute atomic E-state index is 0.336. The monoisotopic (exact) mass is 588 g/mol. The third-order valence-electron chi connectivity index (χ3n) is 11.5. The van der Waals surface area contributed by atoms with Crippen LogP contribution in [-0.2, 0) is 11.3 Å². The Kier molecular flexibility index (Phi) is 8.31. The van der Waals surface area contributed by atoms with Crippen molar-refractivity contribution in [2.75, 3.05) is 43.5 Å². The van der Waals surface area contributed by atoms with E-state index in [1.807, 2.05) is 24.3 Å². The fourth-order valence-corrected chi connectivity index (χ4v) is 9.86. The number of halogens is 1. The van der Waals surface area contributed by atoms with Crippen LogP contribution in [-0.4, -0.2) is 53.8 Å². The van der Waals surface area contributed by atoms with Crippen LogP contribution >= 0.6 is 11.6 Å². The predicted octanol–water partition coefficient (Wildman–Crippen LogP) is 6.75. The van der Waals surface area contributed by atoms with Crippen LogP contribution < -0.4 is 10.6 Å². The fourth-order valence-electron chi connectivity index (χ4n) is 9.66. The molecule has 4 aliphatic carbocycles. The van der Waals surface area contributed by atoms with Gasteiger partial charge in [-0.2, -0.15) is 10.2 Å². The molecule has 224 valence electrons. The third-order valence-corrected chi connectivity index (χ3v) is 11.9. The number of nitriles is 1. The van der Waals surface area contributed by atoms with Gasteiger partial charge in [0.1, 0.15) is 17.5 Å². The molecule has 1 aromatic carbocycles. The highest BCUT2D eigenvalue weighted by molar-refractivity contribution is 6.31. The van der Waals surface area contributed by atoms with Gasteiger partial charge in [0.2, 0.25) is 5.95 Å². The molecule has 0 amide bonds. The Hall–Kier alpha value is -2.40. The largest absolute Gasteiger partial charge is 0.381 e. The summed E-state index contributed by atoms with van der Waals surface area (Å²) < 4.78 is 5.60. The normalized spacial score (nSPS) is 31.6. The van der Waals surface area contributed by atoms with E-state index in [2.05, 4.69) is 26.6 Å². The first-order valence-corrected chi connectivity index (χ1v) is 16.8. The first-order chi connectivity index (χ1) is 20.6. The lowest BCUT2D eigenvalue weighted by molar-refractivity contribution is -0.0973. The number of nitrogens with zero attached hydrogens (tertiary/aromatic N) is 4. The zero-order chi connectivity index (χ0) is 28.5. The highest BCUT2D eigenvalue weighted by atomic mass is 35.5. The quantitative estimate of drug-likeness (QED) is 0.335. The van der Waals surface area contributed by atoms with Gasteiger partial charge in [-0.05, 0) is 124 Å². The first kappa shape index (κ1) is 28.4. The Morgan fingerprint density at radius 2 is 1.79 bits per heavy atom. The third kappa shape index (κ3) is 6.00. The average Bonchev–Trinajstić information content (AvgIpc) is 3.02. The van der Waals surface area contributed by atoms with Gasteiger partial charge in [-0.15, -0.1) is 0 Å². The second-order valence-electron chi connectivity index (χ2n) is 14.1. The highest BCUT2D eigenvalue weighted by Crippen LogP contribution is 2.63. The van der Waals surface area contributed by atoms with Crippen molar-refractivity contribution in [3.8, 4) is 6.07 Å². The number of anilines is 2. The summed E-state index contributed by atoms with van der Waals surface area (Å²) in [6, 6.07) is 10.8. The number of nitrogens with one attached hydrogen (secondary N) is 2. The van der Waals surface area contributed by atoms with Gasteiger partial charge >= 0.3 is 0 Å². The Morgan fingerprint density at radius 3 is 2.52 bits per heavy atom. The molecule has 6 aliphatic rings. The molecule has 2 saturated heterocycles. The maximum absolute atomic E-state index is 9.78. The number of piperidine rings is 1. The summed E-state index contributed by atoms with van der Waals surface area (Å²) in [5, 5.41) is 17.4. The van der Waals surface area contributed by atoms with Crippen LogP contribution in [0.25, 0.3) is 0 Å². The number of hydrogen-bond donors (Lipinski definition) is 2. The van der Waals surface area contributed by atoms with Gasteiger partial charge in [-0.1, -0.05) is 29.8 Å². The molecule has 0 radical (unpaired) electrons. The van der Waals surface area contributed by atoms with E-state index in [1.54, 1.807) is 6.20 Å². The van der Waals surface area contributed by atoms with E-state index in [-0.39, 0.29) is 0 Å². The van der Waals surface area contributed by atoms with Crippen LogP contribution in [0.4, 0.5) is 11.8 Å². The summed E-state index contributed by atoms with van der Waals surface area (Å²) in [7, 11) is 0. The molecular weight excluding hydrogens is 544 g/mol. The number of benzene rings is 1. The number of likely N-dealkylation sites (tertiary alicyclic amines) is 1. The molecule has 8 heteroatoms. The lowest BCUT2D eigenvalue weighted by Gasteiger charge is -2.61. The van der Waals surface area contributed by atoms with Gasteiger partial charge in [0.05, 0.1) is 6.20 Å². The predicted molar refractivity (Wildman–Crippen MR) is 166 cm³/mol. The molecule has 3 unspecified atom stereocenters. The molecule has 2 N–H and O–H groups in total. The van der Waals surface area contributed by atoms with Crippen molar-refractivity contribution >= 4 is 23.4 Å². The first-order valence-electron chi connectivity index (χ1n) is 16.4. The Morgan fingerprint density at radius 1 is 1.02 bits per heavy atom. The van der Waals surface area contributed by atoms with Crippen molar-refractivity contribution in [1.29, 1.82) is 5.26 Å². The lowest BCUT2D eigenvalue weighted by atomic mass is 9.45. The molecule has 2 aromatic rings. The van der Waals surface area contributed by atoms with E-state index in [0.29, 0.717) is 29.3 Å². The summed E-state index contributed by atoms with van der Waals surface area (Å²) in [4.78, 5) is 11.9. The average molecular weight is 589 g/mol. The summed E-state index contributed by atoms with van der Waals surface area (Å²) in [6.07, 6.45) is 15.2. The van der Waals surface area contributed by atoms with Crippen molar-refractivity contribution in [3.05, 3.63) is 46.6 Å². The number of aromatic nitrogens is 2. The number of ether oxygens (including phenoxy) is 1. The minimum atomic E-state index is 0.336. The van der Waals surface area contributed by atoms with Crippen LogP contribution in [0, 0.1) is 46.3 Å². The van der Waals surface area contributed by atoms with Crippen molar-refractivity contribution in [2.24, 2.45) is 35.0 Å². The van der Waals surface area contributed by atoms with E-state index in [4.69, 9.17) is 21.3 Å². The van der Waals surface area contributed by atoms with Crippen LogP contribution in [0.3, 0.4) is 0 Å². The van der Waals surface area contributed by atoms with Gasteiger partial charge in [0, 0.05) is 37.4 Å². The Balaban J connectivity index is 0.956. The Bertz CT molecular complexity index is 1270. The highest BCUT2D eigenvalue weighted by Gasteiger charge is 2.55.